The number of esters is 4. The smallest absolute Gasteiger partial charge is 0.462 e. The number of rotatable bonds is 80. The van der Waals surface area contributed by atoms with Crippen molar-refractivity contribution in [3.05, 3.63) is 122 Å². The van der Waals surface area contributed by atoms with Gasteiger partial charge in [0.15, 0.2) is 12.2 Å². The number of carbonyl (C=O) groups excluding carboxylic acids is 4. The van der Waals surface area contributed by atoms with Crippen LogP contribution in [0.3, 0.4) is 0 Å². The maximum Gasteiger partial charge on any atom is 0.472 e. The minimum atomic E-state index is -4.99. The van der Waals surface area contributed by atoms with E-state index in [4.69, 9.17) is 37.0 Å². The van der Waals surface area contributed by atoms with Crippen molar-refractivity contribution >= 4 is 39.5 Å². The quantitative estimate of drug-likeness (QED) is 0.0169. The van der Waals surface area contributed by atoms with E-state index in [9.17, 15) is 43.2 Å². The number of unbranched alkanes of at least 4 members (excludes halogenated alkanes) is 34. The van der Waals surface area contributed by atoms with Gasteiger partial charge in [-0.1, -0.05) is 323 Å². The molecule has 0 saturated heterocycles. The van der Waals surface area contributed by atoms with Crippen molar-refractivity contribution in [1.29, 1.82) is 0 Å². The molecule has 0 aliphatic carbocycles. The van der Waals surface area contributed by atoms with E-state index in [1.807, 2.05) is 0 Å². The average Bonchev–Trinajstić information content (AvgIpc) is 0.906. The van der Waals surface area contributed by atoms with Gasteiger partial charge in [0.25, 0.3) is 0 Å². The Balaban J connectivity index is 5.40. The molecule has 5 atom stereocenters. The van der Waals surface area contributed by atoms with Crippen molar-refractivity contribution in [2.45, 2.75) is 380 Å². The zero-order valence-electron chi connectivity index (χ0n) is 68.2. The summed E-state index contributed by atoms with van der Waals surface area (Å²) in [5.74, 6) is -2.21. The lowest BCUT2D eigenvalue weighted by atomic mass is 10.0. The summed E-state index contributed by atoms with van der Waals surface area (Å²) in [6, 6.07) is 0. The topological polar surface area (TPSA) is 237 Å². The van der Waals surface area contributed by atoms with E-state index in [1.165, 1.54) is 83.5 Å². The van der Waals surface area contributed by atoms with Gasteiger partial charge in [-0.05, 0) is 135 Å². The van der Waals surface area contributed by atoms with Crippen molar-refractivity contribution in [2.75, 3.05) is 39.6 Å². The normalized spacial score (nSPS) is 14.4. The second-order valence-corrected chi connectivity index (χ2v) is 31.3. The van der Waals surface area contributed by atoms with Gasteiger partial charge in [0.05, 0.1) is 26.4 Å². The van der Waals surface area contributed by atoms with Crippen LogP contribution in [-0.4, -0.2) is 96.7 Å². The number of carbonyl (C=O) groups is 4. The van der Waals surface area contributed by atoms with Gasteiger partial charge in [-0.25, -0.2) is 9.13 Å². The summed E-state index contributed by atoms with van der Waals surface area (Å²) in [6.45, 7) is 4.63. The Labute approximate surface area is 657 Å². The van der Waals surface area contributed by atoms with E-state index in [1.54, 1.807) is 0 Å². The molecule has 0 bridgehead atoms. The number of ether oxygens (including phenoxy) is 4. The summed E-state index contributed by atoms with van der Waals surface area (Å²) in [5, 5.41) is 10.7. The first-order valence-corrected chi connectivity index (χ1v) is 45.8. The largest absolute Gasteiger partial charge is 0.472 e. The highest BCUT2D eigenvalue weighted by molar-refractivity contribution is 7.47. The highest BCUT2D eigenvalue weighted by atomic mass is 31.2. The van der Waals surface area contributed by atoms with Crippen molar-refractivity contribution in [2.24, 2.45) is 0 Å². The molecule has 0 rings (SSSR count). The molecular weight excluding hydrogens is 1400 g/mol. The van der Waals surface area contributed by atoms with Crippen molar-refractivity contribution in [3.63, 3.8) is 0 Å². The van der Waals surface area contributed by atoms with Crippen LogP contribution < -0.4 is 0 Å². The standard InChI is InChI=1S/C89H154O17P2/c1-5-9-13-17-21-25-29-33-37-40-41-44-47-50-54-58-62-66-70-74-87(92)100-80-85(106-89(94)76-72-68-64-60-56-52-48-43-39-35-31-27-23-19-15-11-7-3)82-104-108(97,98)102-78-83(90)77-101-107(95,96)103-81-84(105-88(93)75-71-67-63-59-55-51-45-36-32-28-24-20-16-12-8-4)79-99-86(91)73-69-65-61-57-53-49-46-42-38-34-30-26-22-18-14-10-6-2/h10-11,14-15,21-23,25-27,33-35,37-39,41,44,46,49,83-85,90H,5-9,12-13,16-20,24,28-32,36,40,42-43,45,47-48,50-82H2,1-4H3,(H,95,96)(H,97,98)/b14-10-,15-11-,25-21-,26-22-,27-23-,37-33-,38-34-,39-35-,44-41-,49-46-. The number of hydrogen-bond acceptors (Lipinski definition) is 15. The van der Waals surface area contributed by atoms with Crippen LogP contribution in [0.2, 0.25) is 0 Å². The molecule has 0 aliphatic heterocycles. The van der Waals surface area contributed by atoms with Crippen LogP contribution in [0.25, 0.3) is 0 Å². The maximum absolute atomic E-state index is 13.1. The molecule has 0 fully saturated rings. The Bertz CT molecular complexity index is 2520. The van der Waals surface area contributed by atoms with Gasteiger partial charge < -0.3 is 33.8 Å². The number of hydrogen-bond donors (Lipinski definition) is 3. The Morgan fingerprint density at radius 1 is 0.269 bits per heavy atom. The number of phosphoric ester groups is 2. The van der Waals surface area contributed by atoms with E-state index in [0.29, 0.717) is 25.7 Å². The summed E-state index contributed by atoms with van der Waals surface area (Å²) in [5.41, 5.74) is 0. The third kappa shape index (κ3) is 79.5. The Hall–Kier alpha value is -4.54. The van der Waals surface area contributed by atoms with E-state index in [0.717, 1.165) is 199 Å². The monoisotopic (exact) mass is 1560 g/mol. The lowest BCUT2D eigenvalue weighted by Crippen LogP contribution is -2.30. The van der Waals surface area contributed by atoms with Crippen molar-refractivity contribution < 1.29 is 80.2 Å². The maximum atomic E-state index is 13.1. The molecule has 0 aromatic carbocycles. The predicted octanol–water partition coefficient (Wildman–Crippen LogP) is 25.5. The molecular formula is C89H154O17P2. The van der Waals surface area contributed by atoms with Gasteiger partial charge in [-0.15, -0.1) is 0 Å². The van der Waals surface area contributed by atoms with Crippen molar-refractivity contribution in [1.82, 2.24) is 0 Å². The minimum absolute atomic E-state index is 0.0790. The molecule has 0 aromatic rings. The molecule has 108 heavy (non-hydrogen) atoms. The van der Waals surface area contributed by atoms with E-state index in [-0.39, 0.29) is 25.7 Å². The fourth-order valence-corrected chi connectivity index (χ4v) is 13.0. The molecule has 622 valence electrons. The van der Waals surface area contributed by atoms with E-state index < -0.39 is 97.5 Å². The van der Waals surface area contributed by atoms with Crippen molar-refractivity contribution in [3.8, 4) is 0 Å². The molecule has 19 heteroatoms. The van der Waals surface area contributed by atoms with Crippen LogP contribution in [-0.2, 0) is 65.4 Å². The van der Waals surface area contributed by atoms with Crippen LogP contribution >= 0.6 is 15.6 Å². The molecule has 0 heterocycles. The number of aliphatic hydroxyl groups is 1. The Kier molecular flexibility index (Phi) is 77.1. The lowest BCUT2D eigenvalue weighted by molar-refractivity contribution is -0.161. The van der Waals surface area contributed by atoms with Crippen LogP contribution in [0.4, 0.5) is 0 Å². The summed E-state index contributed by atoms with van der Waals surface area (Å²) >= 11 is 0. The molecule has 0 aliphatic rings. The minimum Gasteiger partial charge on any atom is -0.462 e. The third-order valence-corrected chi connectivity index (χ3v) is 19.8. The molecule has 0 spiro atoms. The molecule has 17 nitrogen and oxygen atoms in total. The van der Waals surface area contributed by atoms with Gasteiger partial charge in [0, 0.05) is 25.7 Å². The highest BCUT2D eigenvalue weighted by Gasteiger charge is 2.30. The Morgan fingerprint density at radius 3 is 0.759 bits per heavy atom. The zero-order chi connectivity index (χ0) is 78.9. The van der Waals surface area contributed by atoms with Crippen LogP contribution in [0.5, 0.6) is 0 Å². The third-order valence-electron chi connectivity index (χ3n) is 17.9. The fraction of sp³-hybridized carbons (Fsp3) is 0.730. The highest BCUT2D eigenvalue weighted by Crippen LogP contribution is 2.45. The number of aliphatic hydroxyl groups excluding tert-OH is 1. The van der Waals surface area contributed by atoms with Gasteiger partial charge in [0.1, 0.15) is 19.3 Å². The van der Waals surface area contributed by atoms with Gasteiger partial charge in [0.2, 0.25) is 0 Å². The van der Waals surface area contributed by atoms with Gasteiger partial charge >= 0.3 is 39.5 Å². The summed E-state index contributed by atoms with van der Waals surface area (Å²) < 4.78 is 68.8. The van der Waals surface area contributed by atoms with Gasteiger partial charge in [-0.3, -0.25) is 37.3 Å². The van der Waals surface area contributed by atoms with E-state index in [2.05, 4.69) is 149 Å². The fourth-order valence-electron chi connectivity index (χ4n) is 11.5. The Morgan fingerprint density at radius 2 is 0.481 bits per heavy atom. The molecule has 0 radical (unpaired) electrons. The van der Waals surface area contributed by atoms with Gasteiger partial charge in [-0.2, -0.15) is 0 Å². The first-order chi connectivity index (χ1) is 52.7. The number of allylic oxidation sites excluding steroid dienone is 20. The summed E-state index contributed by atoms with van der Waals surface area (Å²) in [7, 11) is -9.98. The first kappa shape index (κ1) is 103. The predicted molar refractivity (Wildman–Crippen MR) is 445 cm³/mol. The zero-order valence-corrected chi connectivity index (χ0v) is 70.0. The van der Waals surface area contributed by atoms with Crippen LogP contribution in [0.1, 0.15) is 362 Å². The van der Waals surface area contributed by atoms with Crippen LogP contribution in [0, 0.1) is 0 Å². The molecule has 0 saturated carbocycles. The second-order valence-electron chi connectivity index (χ2n) is 28.4. The number of phosphoric acid groups is 2. The first-order valence-electron chi connectivity index (χ1n) is 42.8. The van der Waals surface area contributed by atoms with E-state index >= 15 is 0 Å². The second kappa shape index (κ2) is 80.5. The summed E-state index contributed by atoms with van der Waals surface area (Å²) in [6.07, 6.45) is 90.1. The molecule has 3 N–H and O–H groups in total. The molecule has 5 unspecified atom stereocenters. The van der Waals surface area contributed by atoms with Crippen LogP contribution in [0.15, 0.2) is 122 Å². The molecule has 0 aromatic heterocycles. The SMILES string of the molecule is CC/C=C\C/C=C\C/C=C\C/C=C\CCCCCCC(=O)OCC(COP(=O)(O)OCC(O)COP(=O)(O)OCC(COC(=O)CCCCCCCC/C=C\C/C=C\C/C=C\CCCCC)OC(=O)CCCCCCCCC/C=C\C/C=C\C/C=C\CC)OC(=O)CCCCCCCCCCCCCCCCC. The lowest BCUT2D eigenvalue weighted by Gasteiger charge is -2.21. The average molecular weight is 1560 g/mol. The molecule has 0 amide bonds. The summed E-state index contributed by atoms with van der Waals surface area (Å²) in [4.78, 5) is 73.3.